The summed E-state index contributed by atoms with van der Waals surface area (Å²) < 4.78 is 15.6. The molecule has 0 atom stereocenters. The van der Waals surface area contributed by atoms with Crippen LogP contribution in [0.15, 0.2) is 58.1 Å². The number of aromatic nitrogens is 3. The third-order valence-corrected chi connectivity index (χ3v) is 5.13. The van der Waals surface area contributed by atoms with Crippen LogP contribution in [0.25, 0.3) is 5.69 Å². The fourth-order valence-corrected chi connectivity index (χ4v) is 3.60. The number of halogens is 1. The van der Waals surface area contributed by atoms with Gasteiger partial charge in [0.2, 0.25) is 5.69 Å². The second-order valence-corrected chi connectivity index (χ2v) is 7.40. The van der Waals surface area contributed by atoms with E-state index in [4.69, 9.17) is 0 Å². The molecule has 0 radical (unpaired) electrons. The van der Waals surface area contributed by atoms with Gasteiger partial charge in [-0.2, -0.15) is 9.78 Å². The summed E-state index contributed by atoms with van der Waals surface area (Å²) >= 11 is 0. The van der Waals surface area contributed by atoms with Crippen LogP contribution in [0.5, 0.6) is 0 Å². The summed E-state index contributed by atoms with van der Waals surface area (Å²) in [4.78, 5) is 40.7. The van der Waals surface area contributed by atoms with Gasteiger partial charge >= 0.3 is 5.69 Å². The number of amides is 1. The number of rotatable bonds is 4. The van der Waals surface area contributed by atoms with Crippen molar-refractivity contribution in [2.24, 2.45) is 0 Å². The summed E-state index contributed by atoms with van der Waals surface area (Å²) in [6, 6.07) is 12.7. The summed E-state index contributed by atoms with van der Waals surface area (Å²) in [7, 11) is 0. The van der Waals surface area contributed by atoms with E-state index in [1.807, 2.05) is 13.0 Å². The second-order valence-electron chi connectivity index (χ2n) is 7.40. The first-order valence-corrected chi connectivity index (χ1v) is 9.79. The summed E-state index contributed by atoms with van der Waals surface area (Å²) in [5, 5.41) is 4.15. The molecule has 4 rings (SSSR count). The molecule has 1 amide bonds. The third kappa shape index (κ3) is 3.80. The Balaban J connectivity index is 1.90. The first-order chi connectivity index (χ1) is 14.4. The van der Waals surface area contributed by atoms with Crippen LogP contribution in [0.4, 0.5) is 4.39 Å². The van der Waals surface area contributed by atoms with E-state index in [1.54, 1.807) is 29.2 Å². The number of hydrogen-bond donors (Lipinski definition) is 0. The molecule has 1 fully saturated rings. The Kier molecular flexibility index (Phi) is 5.31. The third-order valence-electron chi connectivity index (χ3n) is 5.13. The van der Waals surface area contributed by atoms with Crippen LogP contribution >= 0.6 is 0 Å². The fraction of sp³-hybridized carbons (Fsp3) is 0.273. The van der Waals surface area contributed by atoms with Crippen molar-refractivity contribution >= 4 is 5.91 Å². The van der Waals surface area contributed by atoms with Gasteiger partial charge in [-0.3, -0.25) is 14.2 Å². The average Bonchev–Trinajstić information content (AvgIpc) is 3.26. The minimum Gasteiger partial charge on any atom is -0.337 e. The van der Waals surface area contributed by atoms with Gasteiger partial charge in [0.25, 0.3) is 11.5 Å². The van der Waals surface area contributed by atoms with Gasteiger partial charge in [0.05, 0.1) is 12.2 Å². The maximum Gasteiger partial charge on any atom is 0.352 e. The van der Waals surface area contributed by atoms with E-state index >= 15 is 0 Å². The van der Waals surface area contributed by atoms with Crippen molar-refractivity contribution in [2.75, 3.05) is 13.1 Å². The molecule has 2 aromatic carbocycles. The minimum atomic E-state index is -0.773. The molecule has 0 bridgehead atoms. The Morgan fingerprint density at radius 2 is 1.80 bits per heavy atom. The normalized spacial score (nSPS) is 13.6. The van der Waals surface area contributed by atoms with Gasteiger partial charge in [-0.05, 0) is 55.2 Å². The van der Waals surface area contributed by atoms with E-state index < -0.39 is 23.0 Å². The van der Waals surface area contributed by atoms with Gasteiger partial charge < -0.3 is 4.90 Å². The number of nitrogens with zero attached hydrogens (tertiary/aromatic N) is 4. The van der Waals surface area contributed by atoms with Crippen molar-refractivity contribution in [1.82, 2.24) is 19.2 Å². The zero-order valence-corrected chi connectivity index (χ0v) is 16.5. The maximum absolute atomic E-state index is 13.6. The molecule has 7 nitrogen and oxygen atoms in total. The molecule has 0 N–H and O–H groups in total. The van der Waals surface area contributed by atoms with Gasteiger partial charge in [0.15, 0.2) is 0 Å². The van der Waals surface area contributed by atoms with Crippen molar-refractivity contribution in [3.63, 3.8) is 0 Å². The smallest absolute Gasteiger partial charge is 0.337 e. The van der Waals surface area contributed by atoms with Crippen molar-refractivity contribution < 1.29 is 9.18 Å². The van der Waals surface area contributed by atoms with Crippen LogP contribution in [0.2, 0.25) is 0 Å². The zero-order chi connectivity index (χ0) is 21.3. The van der Waals surface area contributed by atoms with Crippen LogP contribution in [0, 0.1) is 12.7 Å². The number of benzene rings is 2. The molecule has 3 aromatic rings. The average molecular weight is 408 g/mol. The van der Waals surface area contributed by atoms with E-state index in [2.05, 4.69) is 5.10 Å². The van der Waals surface area contributed by atoms with Gasteiger partial charge in [0, 0.05) is 13.1 Å². The topological polar surface area (TPSA) is 77.2 Å². The highest BCUT2D eigenvalue weighted by molar-refractivity contribution is 5.92. The van der Waals surface area contributed by atoms with E-state index in [0.29, 0.717) is 24.3 Å². The first kappa shape index (κ1) is 19.8. The van der Waals surface area contributed by atoms with Gasteiger partial charge in [-0.25, -0.2) is 9.18 Å². The minimum absolute atomic E-state index is 0.163. The predicted octanol–water partition coefficient (Wildman–Crippen LogP) is 2.13. The molecule has 30 heavy (non-hydrogen) atoms. The van der Waals surface area contributed by atoms with E-state index in [9.17, 15) is 18.8 Å². The summed E-state index contributed by atoms with van der Waals surface area (Å²) in [6.07, 6.45) is 1.72. The van der Waals surface area contributed by atoms with Crippen LogP contribution < -0.4 is 11.2 Å². The lowest BCUT2D eigenvalue weighted by molar-refractivity contribution is 0.0781. The highest BCUT2D eigenvalue weighted by atomic mass is 19.1. The van der Waals surface area contributed by atoms with Gasteiger partial charge in [-0.15, -0.1) is 0 Å². The summed E-state index contributed by atoms with van der Waals surface area (Å²) in [5.41, 5.74) is 0.0167. The molecule has 1 aliphatic heterocycles. The Labute approximate surface area is 172 Å². The van der Waals surface area contributed by atoms with Crippen LogP contribution in [0.1, 0.15) is 34.5 Å². The SMILES string of the molecule is Cc1cccc(-n2nc(C(=O)N3CCCC3)c(=O)n(Cc3cccc(F)c3)c2=O)c1. The van der Waals surface area contributed by atoms with Gasteiger partial charge in [-0.1, -0.05) is 24.3 Å². The standard InChI is InChI=1S/C22H21FN4O3/c1-15-6-4-9-18(12-15)27-22(30)26(14-16-7-5-8-17(23)13-16)21(29)19(24-27)20(28)25-10-2-3-11-25/h4-9,12-13H,2-3,10-11,14H2,1H3. The molecule has 1 saturated heterocycles. The lowest BCUT2D eigenvalue weighted by Crippen LogP contribution is -2.46. The molecule has 1 aliphatic rings. The van der Waals surface area contributed by atoms with Crippen molar-refractivity contribution in [2.45, 2.75) is 26.3 Å². The van der Waals surface area contributed by atoms with Crippen LogP contribution in [-0.4, -0.2) is 38.2 Å². The van der Waals surface area contributed by atoms with Crippen LogP contribution in [0.3, 0.4) is 0 Å². The zero-order valence-electron chi connectivity index (χ0n) is 16.5. The number of likely N-dealkylation sites (tertiary alicyclic amines) is 1. The van der Waals surface area contributed by atoms with E-state index in [0.717, 1.165) is 27.7 Å². The molecule has 154 valence electrons. The lowest BCUT2D eigenvalue weighted by Gasteiger charge is -2.17. The largest absolute Gasteiger partial charge is 0.352 e. The first-order valence-electron chi connectivity index (χ1n) is 9.79. The number of hydrogen-bond acceptors (Lipinski definition) is 4. The predicted molar refractivity (Wildman–Crippen MR) is 109 cm³/mol. The summed E-state index contributed by atoms with van der Waals surface area (Å²) in [5.74, 6) is -0.964. The number of aryl methyl sites for hydroxylation is 1. The Hall–Kier alpha value is -3.55. The van der Waals surface area contributed by atoms with Crippen molar-refractivity contribution in [3.05, 3.63) is 92.0 Å². The highest BCUT2D eigenvalue weighted by Gasteiger charge is 2.26. The lowest BCUT2D eigenvalue weighted by atomic mass is 10.2. The molecule has 2 heterocycles. The molecule has 1 aromatic heterocycles. The fourth-order valence-electron chi connectivity index (χ4n) is 3.60. The highest BCUT2D eigenvalue weighted by Crippen LogP contribution is 2.11. The van der Waals surface area contributed by atoms with Crippen molar-refractivity contribution in [3.8, 4) is 5.69 Å². The molecule has 0 saturated carbocycles. The summed E-state index contributed by atoms with van der Waals surface area (Å²) in [6.45, 7) is 2.80. The van der Waals surface area contributed by atoms with Gasteiger partial charge in [0.1, 0.15) is 5.82 Å². The monoisotopic (exact) mass is 408 g/mol. The Morgan fingerprint density at radius 1 is 1.07 bits per heavy atom. The molecule has 0 aliphatic carbocycles. The molecular weight excluding hydrogens is 387 g/mol. The van der Waals surface area contributed by atoms with Crippen molar-refractivity contribution in [1.29, 1.82) is 0 Å². The molecule has 0 spiro atoms. The quantitative estimate of drug-likeness (QED) is 0.663. The molecule has 0 unspecified atom stereocenters. The Bertz CT molecular complexity index is 1230. The molecular formula is C22H21FN4O3. The second kappa shape index (κ2) is 8.06. The Morgan fingerprint density at radius 3 is 2.50 bits per heavy atom. The number of carbonyl (C=O) groups excluding carboxylic acids is 1. The van der Waals surface area contributed by atoms with E-state index in [-0.39, 0.29) is 12.2 Å². The molecule has 8 heteroatoms. The van der Waals surface area contributed by atoms with E-state index in [1.165, 1.54) is 18.2 Å². The maximum atomic E-state index is 13.6. The number of carbonyl (C=O) groups is 1. The van der Waals surface area contributed by atoms with Crippen LogP contribution in [-0.2, 0) is 6.54 Å².